The molecule has 0 heterocycles. The molecular formula is C23H41O8P. The minimum absolute atomic E-state index is 0.236. The number of carbonyl (C=O) groups is 2. The van der Waals surface area contributed by atoms with Gasteiger partial charge in [-0.15, -0.1) is 0 Å². The van der Waals surface area contributed by atoms with Crippen molar-refractivity contribution in [3.8, 4) is 0 Å². The molecule has 0 fully saturated rings. The van der Waals surface area contributed by atoms with Gasteiger partial charge < -0.3 is 9.47 Å². The Morgan fingerprint density at radius 2 is 0.969 bits per heavy atom. The second-order valence-electron chi connectivity index (χ2n) is 7.23. The van der Waals surface area contributed by atoms with Crippen molar-refractivity contribution in [3.63, 3.8) is 0 Å². The summed E-state index contributed by atoms with van der Waals surface area (Å²) in [7, 11) is -3.62. The fourth-order valence-electron chi connectivity index (χ4n) is 2.57. The van der Waals surface area contributed by atoms with Crippen molar-refractivity contribution in [1.29, 1.82) is 0 Å². The second-order valence-corrected chi connectivity index (χ2v) is 8.89. The predicted molar refractivity (Wildman–Crippen MR) is 124 cm³/mol. The van der Waals surface area contributed by atoms with Crippen molar-refractivity contribution < 1.29 is 37.2 Å². The Morgan fingerprint density at radius 1 is 0.625 bits per heavy atom. The van der Waals surface area contributed by atoms with E-state index in [4.69, 9.17) is 23.0 Å². The smallest absolute Gasteiger partial charge is 0.463 e. The quantitative estimate of drug-likeness (QED) is 0.0776. The van der Waals surface area contributed by atoms with Gasteiger partial charge in [0, 0.05) is 12.2 Å². The molecule has 0 saturated carbocycles. The Balaban J connectivity index is 4.16. The molecule has 0 spiro atoms. The average Bonchev–Trinajstić information content (AvgIpc) is 2.79. The van der Waals surface area contributed by atoms with Crippen LogP contribution in [0.4, 0.5) is 0 Å². The largest absolute Gasteiger partial charge is 0.474 e. The van der Waals surface area contributed by atoms with Crippen LogP contribution in [0, 0.1) is 0 Å². The van der Waals surface area contributed by atoms with Gasteiger partial charge in [0.15, 0.2) is 0 Å². The number of ether oxygens (including phenoxy) is 2. The van der Waals surface area contributed by atoms with Crippen LogP contribution in [0.2, 0.25) is 0 Å². The van der Waals surface area contributed by atoms with Gasteiger partial charge in [-0.3, -0.25) is 13.6 Å². The predicted octanol–water partition coefficient (Wildman–Crippen LogP) is 5.91. The Bertz CT molecular complexity index is 526. The lowest BCUT2D eigenvalue weighted by Crippen LogP contribution is -2.06. The fraction of sp³-hybridized carbons (Fsp3) is 0.739. The molecule has 0 aromatic carbocycles. The van der Waals surface area contributed by atoms with E-state index in [2.05, 4.69) is 20.1 Å². The van der Waals surface area contributed by atoms with Crippen LogP contribution in [0.1, 0.15) is 77.6 Å². The van der Waals surface area contributed by atoms with Gasteiger partial charge in [0.1, 0.15) is 0 Å². The summed E-state index contributed by atoms with van der Waals surface area (Å²) in [6.45, 7) is 10.3. The molecule has 0 amide bonds. The van der Waals surface area contributed by atoms with E-state index in [9.17, 15) is 14.2 Å². The highest BCUT2D eigenvalue weighted by Crippen LogP contribution is 2.50. The standard InChI is InChI=1S/C23H41O8P/c1-4-7-8-9-14-19-29-32(26,30-20-15-10-12-17-27-22(24)5-2)31-21-16-11-13-18-28-23(25)6-3/h5-6H,2-4,7-21H2,1H3. The van der Waals surface area contributed by atoms with Gasteiger partial charge in [0.2, 0.25) is 0 Å². The summed E-state index contributed by atoms with van der Waals surface area (Å²) < 4.78 is 39.2. The van der Waals surface area contributed by atoms with E-state index in [-0.39, 0.29) is 13.2 Å². The maximum absolute atomic E-state index is 12.9. The number of rotatable bonds is 23. The van der Waals surface area contributed by atoms with Crippen molar-refractivity contribution in [2.75, 3.05) is 33.0 Å². The zero-order chi connectivity index (χ0) is 23.9. The number of unbranched alkanes of at least 4 members (excludes halogenated alkanes) is 8. The van der Waals surface area contributed by atoms with Gasteiger partial charge in [0.05, 0.1) is 33.0 Å². The molecule has 9 heteroatoms. The summed E-state index contributed by atoms with van der Waals surface area (Å²) in [4.78, 5) is 22.0. The van der Waals surface area contributed by atoms with Crippen LogP contribution < -0.4 is 0 Å². The van der Waals surface area contributed by atoms with Gasteiger partial charge in [-0.05, 0) is 44.9 Å². The molecule has 0 aliphatic rings. The molecule has 0 aliphatic carbocycles. The van der Waals surface area contributed by atoms with Crippen molar-refractivity contribution in [2.45, 2.75) is 77.6 Å². The Labute approximate surface area is 193 Å². The van der Waals surface area contributed by atoms with Crippen molar-refractivity contribution >= 4 is 19.8 Å². The molecular weight excluding hydrogens is 435 g/mol. The van der Waals surface area contributed by atoms with Crippen molar-refractivity contribution in [3.05, 3.63) is 25.3 Å². The number of carbonyl (C=O) groups excluding carboxylic acids is 2. The lowest BCUT2D eigenvalue weighted by atomic mass is 10.2. The number of phosphoric ester groups is 1. The van der Waals surface area contributed by atoms with Crippen molar-refractivity contribution in [1.82, 2.24) is 0 Å². The van der Waals surface area contributed by atoms with Crippen LogP contribution in [0.3, 0.4) is 0 Å². The molecule has 0 aromatic rings. The van der Waals surface area contributed by atoms with Gasteiger partial charge >= 0.3 is 19.8 Å². The maximum Gasteiger partial charge on any atom is 0.474 e. The van der Waals surface area contributed by atoms with E-state index in [1.54, 1.807) is 0 Å². The molecule has 0 rings (SSSR count). The molecule has 186 valence electrons. The van der Waals surface area contributed by atoms with E-state index in [1.165, 1.54) is 6.42 Å². The van der Waals surface area contributed by atoms with Gasteiger partial charge in [-0.2, -0.15) is 0 Å². The third-order valence-electron chi connectivity index (χ3n) is 4.40. The second kappa shape index (κ2) is 21.4. The summed E-state index contributed by atoms with van der Waals surface area (Å²) in [5, 5.41) is 0. The molecule has 0 radical (unpaired) electrons. The van der Waals surface area contributed by atoms with E-state index in [0.717, 1.165) is 50.7 Å². The number of esters is 2. The summed E-state index contributed by atoms with van der Waals surface area (Å²) in [5.41, 5.74) is 0. The summed E-state index contributed by atoms with van der Waals surface area (Å²) in [5.74, 6) is -0.879. The first kappa shape index (κ1) is 30.5. The zero-order valence-corrected chi connectivity index (χ0v) is 20.5. The van der Waals surface area contributed by atoms with Gasteiger partial charge in [-0.1, -0.05) is 45.8 Å². The lowest BCUT2D eigenvalue weighted by Gasteiger charge is -2.18. The minimum Gasteiger partial charge on any atom is -0.463 e. The van der Waals surface area contributed by atoms with Crippen LogP contribution >= 0.6 is 7.82 Å². The SMILES string of the molecule is C=CC(=O)OCCCCCOP(=O)(OCCCCCCC)OCCCCCOC(=O)C=C. The zero-order valence-electron chi connectivity index (χ0n) is 19.6. The van der Waals surface area contributed by atoms with Crippen LogP contribution in [0.25, 0.3) is 0 Å². The summed E-state index contributed by atoms with van der Waals surface area (Å²) >= 11 is 0. The Hall–Kier alpha value is -1.47. The first-order valence-electron chi connectivity index (χ1n) is 11.6. The van der Waals surface area contributed by atoms with Crippen LogP contribution in [-0.4, -0.2) is 45.0 Å². The number of phosphoric acid groups is 1. The Kier molecular flexibility index (Phi) is 20.4. The highest BCUT2D eigenvalue weighted by molar-refractivity contribution is 7.48. The highest BCUT2D eigenvalue weighted by Gasteiger charge is 2.26. The van der Waals surface area contributed by atoms with E-state index < -0.39 is 19.8 Å². The van der Waals surface area contributed by atoms with Crippen LogP contribution in [0.5, 0.6) is 0 Å². The number of hydrogen-bond acceptors (Lipinski definition) is 8. The minimum atomic E-state index is -3.62. The highest BCUT2D eigenvalue weighted by atomic mass is 31.2. The van der Waals surface area contributed by atoms with E-state index in [0.29, 0.717) is 45.5 Å². The monoisotopic (exact) mass is 476 g/mol. The molecule has 0 atom stereocenters. The fourth-order valence-corrected chi connectivity index (χ4v) is 3.85. The number of hydrogen-bond donors (Lipinski definition) is 0. The summed E-state index contributed by atoms with van der Waals surface area (Å²) in [6.07, 6.45) is 11.7. The van der Waals surface area contributed by atoms with Crippen LogP contribution in [0.15, 0.2) is 25.3 Å². The maximum atomic E-state index is 12.9. The van der Waals surface area contributed by atoms with Gasteiger partial charge in [0.25, 0.3) is 0 Å². The molecule has 8 nitrogen and oxygen atoms in total. The molecule has 0 aliphatic heterocycles. The topological polar surface area (TPSA) is 97.4 Å². The van der Waals surface area contributed by atoms with Crippen LogP contribution in [-0.2, 0) is 37.2 Å². The molecule has 0 N–H and O–H groups in total. The van der Waals surface area contributed by atoms with Gasteiger partial charge in [-0.25, -0.2) is 14.2 Å². The lowest BCUT2D eigenvalue weighted by molar-refractivity contribution is -0.138. The molecule has 32 heavy (non-hydrogen) atoms. The van der Waals surface area contributed by atoms with E-state index in [1.807, 2.05) is 0 Å². The van der Waals surface area contributed by atoms with E-state index >= 15 is 0 Å². The molecule has 0 aromatic heterocycles. The molecule has 0 bridgehead atoms. The van der Waals surface area contributed by atoms with Crippen molar-refractivity contribution in [2.24, 2.45) is 0 Å². The third-order valence-corrected chi connectivity index (χ3v) is 5.89. The average molecular weight is 477 g/mol. The first-order valence-corrected chi connectivity index (χ1v) is 13.1. The molecule has 0 unspecified atom stereocenters. The summed E-state index contributed by atoms with van der Waals surface area (Å²) in [6, 6.07) is 0. The normalized spacial score (nSPS) is 11.2. The Morgan fingerprint density at radius 3 is 1.34 bits per heavy atom. The molecule has 0 saturated heterocycles. The third kappa shape index (κ3) is 19.2. The first-order chi connectivity index (χ1) is 15.5.